The molecular formula is C22H23FN4O2. The fraction of sp³-hybridized carbons (Fsp3) is 0.273. The van der Waals surface area contributed by atoms with E-state index in [1.165, 1.54) is 18.3 Å². The van der Waals surface area contributed by atoms with Crippen LogP contribution >= 0.6 is 0 Å². The normalized spacial score (nSPS) is 15.6. The number of likely N-dealkylation sites (N-methyl/N-ethyl adjacent to an activating group) is 2. The van der Waals surface area contributed by atoms with Crippen LogP contribution in [0.15, 0.2) is 54.7 Å². The number of halogens is 1. The highest BCUT2D eigenvalue weighted by atomic mass is 19.1. The van der Waals surface area contributed by atoms with Gasteiger partial charge in [-0.05, 0) is 43.3 Å². The van der Waals surface area contributed by atoms with Crippen molar-refractivity contribution in [3.63, 3.8) is 0 Å². The SMILES string of the molecule is CCN1CC(CN(C)C(=O)c2cn[nH]c2-c2ccc(F)cc2)Oc2ccccc21. The maximum absolute atomic E-state index is 13.2. The van der Waals surface area contributed by atoms with Crippen molar-refractivity contribution < 1.29 is 13.9 Å². The Labute approximate surface area is 168 Å². The van der Waals surface area contributed by atoms with E-state index in [1.807, 2.05) is 24.3 Å². The summed E-state index contributed by atoms with van der Waals surface area (Å²) < 4.78 is 19.4. The first-order valence-corrected chi connectivity index (χ1v) is 9.62. The number of carbonyl (C=O) groups excluding carboxylic acids is 1. The number of aromatic amines is 1. The van der Waals surface area contributed by atoms with E-state index in [2.05, 4.69) is 22.0 Å². The summed E-state index contributed by atoms with van der Waals surface area (Å²) in [6.07, 6.45) is 1.37. The standard InChI is InChI=1S/C22H23FN4O2/c1-3-27-14-17(29-20-7-5-4-6-19(20)27)13-26(2)22(28)18-12-24-25-21(18)15-8-10-16(23)11-9-15/h4-12,17H,3,13-14H2,1-2H3,(H,24,25). The van der Waals surface area contributed by atoms with Crippen LogP contribution in [-0.2, 0) is 0 Å². The number of hydrogen-bond donors (Lipinski definition) is 1. The lowest BCUT2D eigenvalue weighted by Crippen LogP contribution is -2.46. The van der Waals surface area contributed by atoms with Crippen molar-refractivity contribution >= 4 is 11.6 Å². The summed E-state index contributed by atoms with van der Waals surface area (Å²) in [7, 11) is 1.75. The minimum Gasteiger partial charge on any atom is -0.485 e. The maximum Gasteiger partial charge on any atom is 0.257 e. The van der Waals surface area contributed by atoms with Crippen LogP contribution in [-0.4, -0.2) is 53.8 Å². The molecule has 0 saturated heterocycles. The molecule has 1 aliphatic heterocycles. The summed E-state index contributed by atoms with van der Waals surface area (Å²) in [5.74, 6) is 0.346. The van der Waals surface area contributed by atoms with Gasteiger partial charge in [0.25, 0.3) is 5.91 Å². The van der Waals surface area contributed by atoms with Crippen molar-refractivity contribution in [3.8, 4) is 17.0 Å². The lowest BCUT2D eigenvalue weighted by Gasteiger charge is -2.37. The molecule has 1 aliphatic rings. The first-order chi connectivity index (χ1) is 14.1. The van der Waals surface area contributed by atoms with Crippen LogP contribution in [0.4, 0.5) is 10.1 Å². The Kier molecular flexibility index (Phi) is 5.20. The first kappa shape index (κ1) is 19.0. The van der Waals surface area contributed by atoms with Gasteiger partial charge in [0, 0.05) is 19.2 Å². The van der Waals surface area contributed by atoms with Crippen molar-refractivity contribution in [2.45, 2.75) is 13.0 Å². The highest BCUT2D eigenvalue weighted by Crippen LogP contribution is 2.33. The molecule has 4 rings (SSSR count). The van der Waals surface area contributed by atoms with E-state index < -0.39 is 0 Å². The minimum atomic E-state index is -0.325. The lowest BCUT2D eigenvalue weighted by atomic mass is 10.1. The molecule has 2 aromatic carbocycles. The molecule has 0 fully saturated rings. The average molecular weight is 394 g/mol. The minimum absolute atomic E-state index is 0.139. The van der Waals surface area contributed by atoms with Crippen LogP contribution in [0.25, 0.3) is 11.3 Å². The van der Waals surface area contributed by atoms with Gasteiger partial charge in [-0.1, -0.05) is 12.1 Å². The molecule has 29 heavy (non-hydrogen) atoms. The molecule has 1 N–H and O–H groups in total. The lowest BCUT2D eigenvalue weighted by molar-refractivity contribution is 0.0710. The first-order valence-electron chi connectivity index (χ1n) is 9.62. The van der Waals surface area contributed by atoms with Crippen molar-refractivity contribution in [1.29, 1.82) is 0 Å². The molecule has 1 amide bonds. The molecule has 0 saturated carbocycles. The van der Waals surface area contributed by atoms with E-state index in [0.29, 0.717) is 29.9 Å². The summed E-state index contributed by atoms with van der Waals surface area (Å²) in [6, 6.07) is 13.9. The highest BCUT2D eigenvalue weighted by molar-refractivity contribution is 5.99. The molecule has 1 atom stereocenters. The topological polar surface area (TPSA) is 61.5 Å². The Morgan fingerprint density at radius 3 is 2.79 bits per heavy atom. The van der Waals surface area contributed by atoms with Crippen molar-refractivity contribution in [2.75, 3.05) is 31.6 Å². The highest BCUT2D eigenvalue weighted by Gasteiger charge is 2.28. The molecule has 1 unspecified atom stereocenters. The van der Waals surface area contributed by atoms with Crippen LogP contribution in [0.1, 0.15) is 17.3 Å². The predicted molar refractivity (Wildman–Crippen MR) is 110 cm³/mol. The van der Waals surface area contributed by atoms with Gasteiger partial charge in [-0.2, -0.15) is 5.10 Å². The van der Waals surface area contributed by atoms with Crippen LogP contribution < -0.4 is 9.64 Å². The number of carbonyl (C=O) groups is 1. The Bertz CT molecular complexity index is 1000. The fourth-order valence-electron chi connectivity index (χ4n) is 3.65. The van der Waals surface area contributed by atoms with Gasteiger partial charge in [0.05, 0.1) is 36.2 Å². The molecular weight excluding hydrogens is 371 g/mol. The van der Waals surface area contributed by atoms with E-state index in [0.717, 1.165) is 18.0 Å². The average Bonchev–Trinajstić information content (AvgIpc) is 3.22. The fourth-order valence-corrected chi connectivity index (χ4v) is 3.65. The number of ether oxygens (including phenoxy) is 1. The van der Waals surface area contributed by atoms with Crippen LogP contribution in [0, 0.1) is 5.82 Å². The van der Waals surface area contributed by atoms with Crippen LogP contribution in [0.2, 0.25) is 0 Å². The van der Waals surface area contributed by atoms with Crippen molar-refractivity contribution in [3.05, 3.63) is 66.1 Å². The van der Waals surface area contributed by atoms with E-state index in [9.17, 15) is 9.18 Å². The van der Waals surface area contributed by atoms with Gasteiger partial charge in [-0.25, -0.2) is 4.39 Å². The second-order valence-electron chi connectivity index (χ2n) is 7.10. The quantitative estimate of drug-likeness (QED) is 0.719. The van der Waals surface area contributed by atoms with Crippen molar-refractivity contribution in [1.82, 2.24) is 15.1 Å². The largest absolute Gasteiger partial charge is 0.485 e. The van der Waals surface area contributed by atoms with Crippen LogP contribution in [0.3, 0.4) is 0 Å². The van der Waals surface area contributed by atoms with Gasteiger partial charge in [0.15, 0.2) is 0 Å². The number of amides is 1. The second-order valence-corrected chi connectivity index (χ2v) is 7.10. The summed E-state index contributed by atoms with van der Waals surface area (Å²) in [4.78, 5) is 17.0. The van der Waals surface area contributed by atoms with E-state index in [-0.39, 0.29) is 17.8 Å². The number of anilines is 1. The zero-order valence-electron chi connectivity index (χ0n) is 16.4. The summed E-state index contributed by atoms with van der Waals surface area (Å²) in [5.41, 5.74) is 2.81. The van der Waals surface area contributed by atoms with Gasteiger partial charge < -0.3 is 14.5 Å². The number of H-pyrrole nitrogens is 1. The predicted octanol–water partition coefficient (Wildman–Crippen LogP) is 3.58. The maximum atomic E-state index is 13.2. The molecule has 0 radical (unpaired) electrons. The number of nitrogens with zero attached hydrogens (tertiary/aromatic N) is 3. The Morgan fingerprint density at radius 2 is 2.03 bits per heavy atom. The summed E-state index contributed by atoms with van der Waals surface area (Å²) in [5, 5.41) is 6.87. The van der Waals surface area contributed by atoms with Gasteiger partial charge in [0.2, 0.25) is 0 Å². The zero-order valence-corrected chi connectivity index (χ0v) is 16.4. The molecule has 2 heterocycles. The number of fused-ring (bicyclic) bond motifs is 1. The van der Waals surface area contributed by atoms with E-state index in [1.54, 1.807) is 24.1 Å². The Hall–Kier alpha value is -3.35. The van der Waals surface area contributed by atoms with E-state index >= 15 is 0 Å². The smallest absolute Gasteiger partial charge is 0.257 e. The molecule has 150 valence electrons. The second kappa shape index (κ2) is 7.95. The third-order valence-corrected chi connectivity index (χ3v) is 5.13. The number of rotatable bonds is 5. The van der Waals surface area contributed by atoms with E-state index in [4.69, 9.17) is 4.74 Å². The van der Waals surface area contributed by atoms with Crippen molar-refractivity contribution in [2.24, 2.45) is 0 Å². The van der Waals surface area contributed by atoms with Gasteiger partial charge in [-0.15, -0.1) is 0 Å². The third-order valence-electron chi connectivity index (χ3n) is 5.13. The summed E-state index contributed by atoms with van der Waals surface area (Å²) >= 11 is 0. The molecule has 3 aromatic rings. The van der Waals surface area contributed by atoms with Crippen LogP contribution in [0.5, 0.6) is 5.75 Å². The third kappa shape index (κ3) is 3.81. The van der Waals surface area contributed by atoms with Gasteiger partial charge in [-0.3, -0.25) is 9.89 Å². The number of nitrogens with one attached hydrogen (secondary N) is 1. The number of para-hydroxylation sites is 2. The Morgan fingerprint density at radius 1 is 1.28 bits per heavy atom. The zero-order chi connectivity index (χ0) is 20.4. The Balaban J connectivity index is 1.50. The molecule has 0 aliphatic carbocycles. The molecule has 0 bridgehead atoms. The molecule has 1 aromatic heterocycles. The number of hydrogen-bond acceptors (Lipinski definition) is 4. The summed E-state index contributed by atoms with van der Waals surface area (Å²) in [6.45, 7) is 4.12. The monoisotopic (exact) mass is 394 g/mol. The molecule has 6 nitrogen and oxygen atoms in total. The number of aromatic nitrogens is 2. The molecule has 0 spiro atoms. The molecule has 7 heteroatoms. The van der Waals surface area contributed by atoms with Gasteiger partial charge >= 0.3 is 0 Å². The van der Waals surface area contributed by atoms with Gasteiger partial charge in [0.1, 0.15) is 17.7 Å². The number of benzene rings is 2.